The SMILES string of the molecule is CC(C)C(c1ccc(Cl)cc1)C(N)C(=O)Nc1cncc(F)c1CCC1CNC2CCCS(=O)(=O)N1C2. The van der Waals surface area contributed by atoms with Crippen LogP contribution in [0.5, 0.6) is 0 Å². The van der Waals surface area contributed by atoms with Crippen LogP contribution in [0.3, 0.4) is 0 Å². The summed E-state index contributed by atoms with van der Waals surface area (Å²) in [6.07, 6.45) is 4.62. The molecule has 11 heteroatoms. The molecule has 1 amide bonds. The molecule has 2 bridgehead atoms. The van der Waals surface area contributed by atoms with E-state index >= 15 is 0 Å². The monoisotopic (exact) mass is 551 g/mol. The van der Waals surface area contributed by atoms with Crippen LogP contribution >= 0.6 is 11.6 Å². The molecule has 4 N–H and O–H groups in total. The van der Waals surface area contributed by atoms with E-state index in [4.69, 9.17) is 17.3 Å². The molecular formula is C26H35ClFN5O3S. The number of aromatic nitrogens is 1. The van der Waals surface area contributed by atoms with Gasteiger partial charge in [0.15, 0.2) is 0 Å². The number of anilines is 1. The lowest BCUT2D eigenvalue weighted by atomic mass is 9.82. The van der Waals surface area contributed by atoms with Gasteiger partial charge >= 0.3 is 0 Å². The van der Waals surface area contributed by atoms with Crippen LogP contribution in [-0.2, 0) is 21.2 Å². The zero-order valence-electron chi connectivity index (χ0n) is 21.2. The Balaban J connectivity index is 1.49. The van der Waals surface area contributed by atoms with E-state index in [-0.39, 0.29) is 47.3 Å². The van der Waals surface area contributed by atoms with Gasteiger partial charge in [-0.05, 0) is 49.3 Å². The van der Waals surface area contributed by atoms with Crippen molar-refractivity contribution in [2.75, 3.05) is 24.2 Å². The van der Waals surface area contributed by atoms with Gasteiger partial charge in [-0.25, -0.2) is 12.8 Å². The zero-order chi connectivity index (χ0) is 26.7. The van der Waals surface area contributed by atoms with E-state index in [1.54, 1.807) is 16.4 Å². The maximum atomic E-state index is 14.9. The average Bonchev–Trinajstić information content (AvgIpc) is 2.96. The van der Waals surface area contributed by atoms with E-state index in [0.717, 1.165) is 18.2 Å². The molecule has 37 heavy (non-hydrogen) atoms. The number of rotatable bonds is 8. The highest BCUT2D eigenvalue weighted by atomic mass is 35.5. The van der Waals surface area contributed by atoms with Crippen LogP contribution in [0.15, 0.2) is 36.7 Å². The minimum atomic E-state index is -3.35. The van der Waals surface area contributed by atoms with E-state index in [1.807, 2.05) is 26.0 Å². The van der Waals surface area contributed by atoms with E-state index in [1.165, 1.54) is 6.20 Å². The number of benzene rings is 1. The second-order valence-corrected chi connectivity index (χ2v) is 12.8. The van der Waals surface area contributed by atoms with Gasteiger partial charge in [0, 0.05) is 41.7 Å². The van der Waals surface area contributed by atoms with Crippen molar-refractivity contribution in [1.82, 2.24) is 14.6 Å². The Morgan fingerprint density at radius 1 is 1.30 bits per heavy atom. The summed E-state index contributed by atoms with van der Waals surface area (Å²) >= 11 is 6.02. The van der Waals surface area contributed by atoms with Crippen molar-refractivity contribution in [2.24, 2.45) is 11.7 Å². The molecular weight excluding hydrogens is 517 g/mol. The van der Waals surface area contributed by atoms with Crippen LogP contribution in [-0.4, -0.2) is 60.6 Å². The lowest BCUT2D eigenvalue weighted by molar-refractivity contribution is -0.118. The number of hydrogen-bond donors (Lipinski definition) is 3. The molecule has 2 aliphatic heterocycles. The molecule has 1 aromatic heterocycles. The predicted octanol–water partition coefficient (Wildman–Crippen LogP) is 3.28. The number of carbonyl (C=O) groups is 1. The van der Waals surface area contributed by atoms with Crippen molar-refractivity contribution in [1.29, 1.82) is 0 Å². The number of piperazine rings is 1. The highest BCUT2D eigenvalue weighted by Gasteiger charge is 2.38. The number of nitrogens with one attached hydrogen (secondary N) is 2. The third kappa shape index (κ3) is 6.49. The Labute approximate surface area is 223 Å². The van der Waals surface area contributed by atoms with Crippen LogP contribution in [0, 0.1) is 11.7 Å². The van der Waals surface area contributed by atoms with Gasteiger partial charge in [0.05, 0.1) is 29.9 Å². The third-order valence-electron chi connectivity index (χ3n) is 7.42. The first kappa shape index (κ1) is 27.9. The molecule has 5 unspecified atom stereocenters. The Hall–Kier alpha value is -2.11. The fourth-order valence-electron chi connectivity index (χ4n) is 5.45. The minimum Gasteiger partial charge on any atom is -0.323 e. The van der Waals surface area contributed by atoms with Gasteiger partial charge < -0.3 is 16.4 Å². The number of sulfonamides is 1. The summed E-state index contributed by atoms with van der Waals surface area (Å²) in [7, 11) is -3.35. The van der Waals surface area contributed by atoms with Gasteiger partial charge in [-0.2, -0.15) is 4.31 Å². The smallest absolute Gasteiger partial charge is 0.241 e. The predicted molar refractivity (Wildman–Crippen MR) is 143 cm³/mol. The van der Waals surface area contributed by atoms with Crippen molar-refractivity contribution in [3.8, 4) is 0 Å². The summed E-state index contributed by atoms with van der Waals surface area (Å²) in [5.41, 5.74) is 7.85. The van der Waals surface area contributed by atoms with Gasteiger partial charge in [0.2, 0.25) is 15.9 Å². The number of carbonyl (C=O) groups excluding carboxylic acids is 1. The molecule has 0 aliphatic carbocycles. The zero-order valence-corrected chi connectivity index (χ0v) is 22.7. The molecule has 2 fully saturated rings. The van der Waals surface area contributed by atoms with Crippen molar-refractivity contribution < 1.29 is 17.6 Å². The summed E-state index contributed by atoms with van der Waals surface area (Å²) < 4.78 is 42.0. The lowest BCUT2D eigenvalue weighted by Gasteiger charge is -2.37. The maximum absolute atomic E-state index is 14.9. The summed E-state index contributed by atoms with van der Waals surface area (Å²) in [5.74, 6) is -1.08. The molecule has 2 aliphatic rings. The summed E-state index contributed by atoms with van der Waals surface area (Å²) in [5, 5.41) is 6.81. The lowest BCUT2D eigenvalue weighted by Crippen LogP contribution is -2.57. The van der Waals surface area contributed by atoms with Crippen molar-refractivity contribution in [2.45, 2.75) is 63.6 Å². The molecule has 8 nitrogen and oxygen atoms in total. The van der Waals surface area contributed by atoms with Crippen LogP contribution < -0.4 is 16.4 Å². The highest BCUT2D eigenvalue weighted by molar-refractivity contribution is 7.89. The first-order valence-electron chi connectivity index (χ1n) is 12.7. The average molecular weight is 552 g/mol. The molecule has 5 atom stereocenters. The number of nitrogens with zero attached hydrogens (tertiary/aromatic N) is 2. The summed E-state index contributed by atoms with van der Waals surface area (Å²) in [4.78, 5) is 17.1. The number of nitrogens with two attached hydrogens (primary N) is 1. The first-order valence-corrected chi connectivity index (χ1v) is 14.7. The number of halogens is 2. The maximum Gasteiger partial charge on any atom is 0.241 e. The van der Waals surface area contributed by atoms with Crippen LogP contribution in [0.4, 0.5) is 10.1 Å². The summed E-state index contributed by atoms with van der Waals surface area (Å²) in [6, 6.07) is 6.21. The third-order valence-corrected chi connectivity index (χ3v) is 9.63. The first-order chi connectivity index (χ1) is 17.6. The Bertz CT molecular complexity index is 1210. The standard InChI is InChI=1S/C26H35ClFN5O3S/c1-16(2)24(17-5-7-18(27)8-6-17)25(29)26(34)32-23-14-30-13-22(28)21(23)10-9-20-12-31-19-4-3-11-37(35,36)33(20)15-19/h5-8,13-14,16,19-20,24-25,31H,3-4,9-12,15,29H2,1-2H3,(H,32,34). The number of fused-ring (bicyclic) bond motifs is 2. The molecule has 3 heterocycles. The van der Waals surface area contributed by atoms with Crippen LogP contribution in [0.25, 0.3) is 0 Å². The number of hydrogen-bond acceptors (Lipinski definition) is 6. The van der Waals surface area contributed by atoms with Gasteiger partial charge in [-0.15, -0.1) is 0 Å². The summed E-state index contributed by atoms with van der Waals surface area (Å²) in [6.45, 7) is 4.92. The second kappa shape index (κ2) is 11.7. The van der Waals surface area contributed by atoms with Gasteiger partial charge in [0.1, 0.15) is 5.82 Å². The number of pyridine rings is 1. The van der Waals surface area contributed by atoms with Gasteiger partial charge in [-0.1, -0.05) is 37.6 Å². The molecule has 0 saturated carbocycles. The quantitative estimate of drug-likeness (QED) is 0.463. The van der Waals surface area contributed by atoms with Crippen LogP contribution in [0.2, 0.25) is 5.02 Å². The molecule has 0 radical (unpaired) electrons. The van der Waals surface area contributed by atoms with Crippen LogP contribution in [0.1, 0.15) is 50.2 Å². The Morgan fingerprint density at radius 2 is 2.03 bits per heavy atom. The fraction of sp³-hybridized carbons (Fsp3) is 0.538. The minimum absolute atomic E-state index is 0.0604. The molecule has 2 aromatic rings. The van der Waals surface area contributed by atoms with E-state index in [9.17, 15) is 17.6 Å². The van der Waals surface area contributed by atoms with E-state index < -0.39 is 27.8 Å². The fourth-order valence-corrected chi connectivity index (χ4v) is 7.38. The van der Waals surface area contributed by atoms with E-state index in [2.05, 4.69) is 15.6 Å². The second-order valence-electron chi connectivity index (χ2n) is 10.3. The molecule has 202 valence electrons. The van der Waals surface area contributed by atoms with Crippen molar-refractivity contribution in [3.05, 3.63) is 58.6 Å². The van der Waals surface area contributed by atoms with Crippen molar-refractivity contribution in [3.63, 3.8) is 0 Å². The van der Waals surface area contributed by atoms with Gasteiger partial charge in [0.25, 0.3) is 0 Å². The van der Waals surface area contributed by atoms with Crippen molar-refractivity contribution >= 4 is 33.2 Å². The molecule has 2 saturated heterocycles. The number of amides is 1. The highest BCUT2D eigenvalue weighted by Crippen LogP contribution is 2.30. The van der Waals surface area contributed by atoms with E-state index in [0.29, 0.717) is 31.0 Å². The molecule has 0 spiro atoms. The normalized spacial score (nSPS) is 24.8. The Morgan fingerprint density at radius 3 is 2.73 bits per heavy atom. The Kier molecular flexibility index (Phi) is 8.85. The van der Waals surface area contributed by atoms with Gasteiger partial charge in [-0.3, -0.25) is 9.78 Å². The molecule has 1 aromatic carbocycles. The topological polar surface area (TPSA) is 117 Å². The largest absolute Gasteiger partial charge is 0.323 e. The molecule has 4 rings (SSSR count).